The van der Waals surface area contributed by atoms with Gasteiger partial charge in [0.2, 0.25) is 0 Å². The van der Waals surface area contributed by atoms with Crippen LogP contribution in [0.5, 0.6) is 5.75 Å². The number of ether oxygens (including phenoxy) is 2. The fraction of sp³-hybridized carbons (Fsp3) is 0.176. The standard InChI is InChI=1S/C17H15ClN2O6/c1-2-25-16(21)10-26-13-5-3-4-12(9-13)19-17(22)14-7-6-11(18)8-15(14)20(23)24/h3-9H,2,10H2,1H3,(H,19,22). The molecule has 0 bridgehead atoms. The number of nitrogens with one attached hydrogen (secondary N) is 1. The number of rotatable bonds is 7. The first kappa shape index (κ1) is 19.2. The number of nitrogens with zero attached hydrogens (tertiary/aromatic N) is 1. The summed E-state index contributed by atoms with van der Waals surface area (Å²) in [7, 11) is 0. The van der Waals surface area contributed by atoms with Crippen molar-refractivity contribution in [3.05, 3.63) is 63.2 Å². The van der Waals surface area contributed by atoms with Crippen LogP contribution < -0.4 is 10.1 Å². The number of anilines is 1. The Morgan fingerprint density at radius 3 is 2.69 bits per heavy atom. The van der Waals surface area contributed by atoms with Gasteiger partial charge in [-0.25, -0.2) is 4.79 Å². The predicted molar refractivity (Wildman–Crippen MR) is 94.6 cm³/mol. The van der Waals surface area contributed by atoms with E-state index < -0.39 is 22.5 Å². The van der Waals surface area contributed by atoms with Gasteiger partial charge in [0, 0.05) is 22.8 Å². The minimum absolute atomic E-state index is 0.128. The molecule has 0 aromatic heterocycles. The third kappa shape index (κ3) is 5.18. The first-order valence-electron chi connectivity index (χ1n) is 7.54. The molecule has 2 aromatic carbocycles. The number of hydrogen-bond donors (Lipinski definition) is 1. The molecule has 0 atom stereocenters. The number of esters is 1. The fourth-order valence-corrected chi connectivity index (χ4v) is 2.22. The number of benzene rings is 2. The van der Waals surface area contributed by atoms with Crippen LogP contribution in [0.1, 0.15) is 17.3 Å². The van der Waals surface area contributed by atoms with E-state index in [-0.39, 0.29) is 23.8 Å². The van der Waals surface area contributed by atoms with E-state index >= 15 is 0 Å². The predicted octanol–water partition coefficient (Wildman–Crippen LogP) is 3.44. The highest BCUT2D eigenvalue weighted by Crippen LogP contribution is 2.25. The third-order valence-corrected chi connectivity index (χ3v) is 3.39. The van der Waals surface area contributed by atoms with Crippen molar-refractivity contribution in [2.24, 2.45) is 0 Å². The largest absolute Gasteiger partial charge is 0.482 e. The summed E-state index contributed by atoms with van der Waals surface area (Å²) in [6.45, 7) is 1.66. The van der Waals surface area contributed by atoms with Crippen LogP contribution in [0.2, 0.25) is 5.02 Å². The molecule has 0 radical (unpaired) electrons. The topological polar surface area (TPSA) is 108 Å². The van der Waals surface area contributed by atoms with Gasteiger partial charge in [0.15, 0.2) is 6.61 Å². The smallest absolute Gasteiger partial charge is 0.344 e. The van der Waals surface area contributed by atoms with Gasteiger partial charge in [-0.15, -0.1) is 0 Å². The van der Waals surface area contributed by atoms with E-state index in [9.17, 15) is 19.7 Å². The average Bonchev–Trinajstić information content (AvgIpc) is 2.60. The number of amides is 1. The van der Waals surface area contributed by atoms with Gasteiger partial charge in [-0.2, -0.15) is 0 Å². The summed E-state index contributed by atoms with van der Waals surface area (Å²) in [5, 5.41) is 13.8. The zero-order valence-electron chi connectivity index (χ0n) is 13.7. The monoisotopic (exact) mass is 378 g/mol. The van der Waals surface area contributed by atoms with Crippen molar-refractivity contribution >= 4 is 34.9 Å². The summed E-state index contributed by atoms with van der Waals surface area (Å²) in [5.41, 5.74) is -0.178. The second-order valence-electron chi connectivity index (χ2n) is 4.99. The molecule has 8 nitrogen and oxygen atoms in total. The second-order valence-corrected chi connectivity index (χ2v) is 5.43. The van der Waals surface area contributed by atoms with Crippen LogP contribution in [-0.2, 0) is 9.53 Å². The maximum Gasteiger partial charge on any atom is 0.344 e. The van der Waals surface area contributed by atoms with Gasteiger partial charge < -0.3 is 14.8 Å². The summed E-state index contributed by atoms with van der Waals surface area (Å²) in [6.07, 6.45) is 0. The van der Waals surface area contributed by atoms with Crippen LogP contribution in [0.25, 0.3) is 0 Å². The van der Waals surface area contributed by atoms with E-state index in [1.807, 2.05) is 0 Å². The van der Waals surface area contributed by atoms with Gasteiger partial charge >= 0.3 is 5.97 Å². The highest BCUT2D eigenvalue weighted by Gasteiger charge is 2.20. The maximum atomic E-state index is 12.3. The number of carbonyl (C=O) groups is 2. The van der Waals surface area contributed by atoms with Gasteiger partial charge in [0.05, 0.1) is 11.5 Å². The first-order valence-corrected chi connectivity index (χ1v) is 7.92. The highest BCUT2D eigenvalue weighted by atomic mass is 35.5. The molecule has 0 aliphatic carbocycles. The molecule has 0 aliphatic rings. The van der Waals surface area contributed by atoms with Gasteiger partial charge in [-0.1, -0.05) is 17.7 Å². The van der Waals surface area contributed by atoms with Crippen molar-refractivity contribution in [1.82, 2.24) is 0 Å². The quantitative estimate of drug-likeness (QED) is 0.449. The van der Waals surface area contributed by atoms with Crippen molar-refractivity contribution in [3.8, 4) is 5.75 Å². The zero-order chi connectivity index (χ0) is 19.1. The molecule has 0 spiro atoms. The molecule has 0 saturated heterocycles. The van der Waals surface area contributed by atoms with Gasteiger partial charge in [0.25, 0.3) is 11.6 Å². The third-order valence-electron chi connectivity index (χ3n) is 3.16. The van der Waals surface area contributed by atoms with Crippen molar-refractivity contribution < 1.29 is 24.0 Å². The minimum Gasteiger partial charge on any atom is -0.482 e. The zero-order valence-corrected chi connectivity index (χ0v) is 14.5. The van der Waals surface area contributed by atoms with E-state index in [0.717, 1.165) is 6.07 Å². The molecule has 0 fully saturated rings. The average molecular weight is 379 g/mol. The lowest BCUT2D eigenvalue weighted by Gasteiger charge is -2.09. The molecule has 136 valence electrons. The number of nitro benzene ring substituents is 1. The van der Waals surface area contributed by atoms with Crippen molar-refractivity contribution in [1.29, 1.82) is 0 Å². The van der Waals surface area contributed by atoms with Crippen LogP contribution in [0.15, 0.2) is 42.5 Å². The Hall–Kier alpha value is -3.13. The Kier molecular flexibility index (Phi) is 6.51. The summed E-state index contributed by atoms with van der Waals surface area (Å²) >= 11 is 5.74. The normalized spacial score (nSPS) is 10.1. The van der Waals surface area contributed by atoms with E-state index in [4.69, 9.17) is 21.1 Å². The molecule has 9 heteroatoms. The molecular weight excluding hydrogens is 364 g/mol. The highest BCUT2D eigenvalue weighted by molar-refractivity contribution is 6.31. The van der Waals surface area contributed by atoms with Crippen molar-refractivity contribution in [3.63, 3.8) is 0 Å². The Bertz CT molecular complexity index is 840. The van der Waals surface area contributed by atoms with E-state index in [2.05, 4.69) is 5.32 Å². The van der Waals surface area contributed by atoms with Gasteiger partial charge in [-0.3, -0.25) is 14.9 Å². The summed E-state index contributed by atoms with van der Waals surface area (Å²) in [4.78, 5) is 34.1. The number of carbonyl (C=O) groups excluding carboxylic acids is 2. The summed E-state index contributed by atoms with van der Waals surface area (Å²) in [6, 6.07) is 10.0. The maximum absolute atomic E-state index is 12.3. The number of nitro groups is 1. The van der Waals surface area contributed by atoms with E-state index in [1.54, 1.807) is 25.1 Å². The van der Waals surface area contributed by atoms with Crippen LogP contribution in [0, 0.1) is 10.1 Å². The first-order chi connectivity index (χ1) is 12.4. The Morgan fingerprint density at radius 1 is 1.23 bits per heavy atom. The molecule has 0 aliphatic heterocycles. The van der Waals surface area contributed by atoms with Gasteiger partial charge in [0.1, 0.15) is 11.3 Å². The van der Waals surface area contributed by atoms with E-state index in [0.29, 0.717) is 11.4 Å². The summed E-state index contributed by atoms with van der Waals surface area (Å²) in [5.74, 6) is -0.851. The lowest BCUT2D eigenvalue weighted by atomic mass is 10.1. The molecule has 1 N–H and O–H groups in total. The molecular formula is C17H15ClN2O6. The molecule has 0 saturated carbocycles. The molecule has 1 amide bonds. The Labute approximate surface area is 153 Å². The molecule has 2 aromatic rings. The van der Waals surface area contributed by atoms with Gasteiger partial charge in [-0.05, 0) is 31.2 Å². The lowest BCUT2D eigenvalue weighted by molar-refractivity contribution is -0.385. The van der Waals surface area contributed by atoms with E-state index in [1.165, 1.54) is 18.2 Å². The van der Waals surface area contributed by atoms with Crippen LogP contribution in [0.3, 0.4) is 0 Å². The van der Waals surface area contributed by atoms with Crippen LogP contribution >= 0.6 is 11.6 Å². The molecule has 26 heavy (non-hydrogen) atoms. The minimum atomic E-state index is -0.681. The Morgan fingerprint density at radius 2 is 2.00 bits per heavy atom. The molecule has 0 heterocycles. The SMILES string of the molecule is CCOC(=O)COc1cccc(NC(=O)c2ccc(Cl)cc2[N+](=O)[O-])c1. The molecule has 0 unspecified atom stereocenters. The Balaban J connectivity index is 2.11. The number of hydrogen-bond acceptors (Lipinski definition) is 6. The van der Waals surface area contributed by atoms with Crippen molar-refractivity contribution in [2.45, 2.75) is 6.92 Å². The van der Waals surface area contributed by atoms with Crippen LogP contribution in [0.4, 0.5) is 11.4 Å². The lowest BCUT2D eigenvalue weighted by Crippen LogP contribution is -2.15. The second kappa shape index (κ2) is 8.82. The summed E-state index contributed by atoms with van der Waals surface area (Å²) < 4.78 is 10.0. The molecule has 2 rings (SSSR count). The van der Waals surface area contributed by atoms with Crippen LogP contribution in [-0.4, -0.2) is 30.0 Å². The van der Waals surface area contributed by atoms with Crippen molar-refractivity contribution in [2.75, 3.05) is 18.5 Å². The fourth-order valence-electron chi connectivity index (χ4n) is 2.05. The number of halogens is 1.